The van der Waals surface area contributed by atoms with Crippen molar-refractivity contribution in [1.29, 1.82) is 0 Å². The molecule has 2 atom stereocenters. The molecule has 1 saturated carbocycles. The largest absolute Gasteiger partial charge is 0.338 e. The van der Waals surface area contributed by atoms with Crippen molar-refractivity contribution in [1.82, 2.24) is 0 Å². The molecule has 1 aliphatic heterocycles. The molecule has 9 aromatic carbocycles. The highest BCUT2D eigenvalue weighted by Crippen LogP contribution is 2.51. The Kier molecular flexibility index (Phi) is 8.17. The van der Waals surface area contributed by atoms with Gasteiger partial charge in [0, 0.05) is 40.4 Å². The minimum absolute atomic E-state index is 0.539. The standard InChI is InChI=1S/C55H44N2/c1-37-26-35-50-51(36-37)55(47-23-13-15-38-14-5-6-18-44(38)47)49-22-8-7-21-48(49)54(50)39-27-29-41(30-28-39)56(40-16-3-2-4-17-40)42-31-33-43(34-32-42)57-52-24-11-9-19-45(52)46-20-10-12-25-53(46)57/h2-9,11,13-19,21-24,26-36,46,53H,10,12,20,25H2,1H3. The molecule has 9 aromatic rings. The van der Waals surface area contributed by atoms with Crippen molar-refractivity contribution in [3.63, 3.8) is 0 Å². The molecule has 1 heterocycles. The van der Waals surface area contributed by atoms with Crippen molar-refractivity contribution in [2.45, 2.75) is 44.6 Å². The molecule has 1 fully saturated rings. The summed E-state index contributed by atoms with van der Waals surface area (Å²) in [4.78, 5) is 5.02. The van der Waals surface area contributed by atoms with Gasteiger partial charge in [-0.15, -0.1) is 0 Å². The summed E-state index contributed by atoms with van der Waals surface area (Å²) < 4.78 is 0. The van der Waals surface area contributed by atoms with E-state index in [1.54, 1.807) is 0 Å². The third-order valence-corrected chi connectivity index (χ3v) is 12.7. The molecule has 274 valence electrons. The highest BCUT2D eigenvalue weighted by molar-refractivity contribution is 6.23. The molecule has 2 nitrogen and oxygen atoms in total. The Morgan fingerprint density at radius 2 is 1.09 bits per heavy atom. The molecule has 0 bridgehead atoms. The lowest BCUT2D eigenvalue weighted by molar-refractivity contribution is 0.402. The average Bonchev–Trinajstić information content (AvgIpc) is 3.61. The van der Waals surface area contributed by atoms with E-state index in [1.807, 2.05) is 0 Å². The van der Waals surface area contributed by atoms with E-state index in [9.17, 15) is 0 Å². The maximum absolute atomic E-state index is 2.63. The first-order chi connectivity index (χ1) is 28.2. The van der Waals surface area contributed by atoms with E-state index < -0.39 is 0 Å². The zero-order valence-electron chi connectivity index (χ0n) is 32.3. The fourth-order valence-corrected chi connectivity index (χ4v) is 10.2. The number of benzene rings is 9. The van der Waals surface area contributed by atoms with Crippen molar-refractivity contribution >= 4 is 60.8 Å². The van der Waals surface area contributed by atoms with Crippen LogP contribution in [0.25, 0.3) is 54.6 Å². The third-order valence-electron chi connectivity index (χ3n) is 12.7. The number of hydrogen-bond donors (Lipinski definition) is 0. The molecule has 2 unspecified atom stereocenters. The van der Waals surface area contributed by atoms with Crippen molar-refractivity contribution in [2.75, 3.05) is 9.80 Å². The van der Waals surface area contributed by atoms with Crippen LogP contribution in [0.2, 0.25) is 0 Å². The lowest BCUT2D eigenvalue weighted by atomic mass is 9.82. The minimum Gasteiger partial charge on any atom is -0.338 e. The Morgan fingerprint density at radius 1 is 0.474 bits per heavy atom. The summed E-state index contributed by atoms with van der Waals surface area (Å²) in [6, 6.07) is 70.4. The zero-order chi connectivity index (χ0) is 37.9. The highest BCUT2D eigenvalue weighted by atomic mass is 15.2. The van der Waals surface area contributed by atoms with E-state index >= 15 is 0 Å². The fraction of sp³-hybridized carbons (Fsp3) is 0.127. The monoisotopic (exact) mass is 732 g/mol. The normalized spacial score (nSPS) is 16.2. The number of aryl methyl sites for hydroxylation is 1. The van der Waals surface area contributed by atoms with Crippen molar-refractivity contribution < 1.29 is 0 Å². The first-order valence-electron chi connectivity index (χ1n) is 20.6. The number of fused-ring (bicyclic) bond motifs is 6. The summed E-state index contributed by atoms with van der Waals surface area (Å²) in [6.07, 6.45) is 5.17. The van der Waals surface area contributed by atoms with Gasteiger partial charge in [-0.25, -0.2) is 0 Å². The Hall–Kier alpha value is -6.64. The van der Waals surface area contributed by atoms with Gasteiger partial charge in [0.05, 0.1) is 0 Å². The fourth-order valence-electron chi connectivity index (χ4n) is 10.2. The van der Waals surface area contributed by atoms with Gasteiger partial charge in [0.1, 0.15) is 0 Å². The SMILES string of the molecule is Cc1ccc2c(-c3ccc(N(c4ccccc4)c4ccc(N5c6ccccc6C6CCCCC65)cc4)cc3)c3ccccc3c(-c3cccc4ccccc34)c2c1. The van der Waals surface area contributed by atoms with Crippen LogP contribution in [0, 0.1) is 6.92 Å². The average molecular weight is 733 g/mol. The van der Waals surface area contributed by atoms with Crippen molar-refractivity contribution in [3.8, 4) is 22.3 Å². The van der Waals surface area contributed by atoms with Crippen LogP contribution in [0.15, 0.2) is 188 Å². The topological polar surface area (TPSA) is 6.48 Å². The van der Waals surface area contributed by atoms with E-state index in [-0.39, 0.29) is 0 Å². The Balaban J connectivity index is 1.02. The number of nitrogens with zero attached hydrogens (tertiary/aromatic N) is 2. The minimum atomic E-state index is 0.539. The molecule has 2 heteroatoms. The third kappa shape index (κ3) is 5.62. The van der Waals surface area contributed by atoms with Crippen LogP contribution in [-0.4, -0.2) is 6.04 Å². The Labute approximate surface area is 335 Å². The molecule has 1 aliphatic carbocycles. The lowest BCUT2D eigenvalue weighted by Gasteiger charge is -2.34. The van der Waals surface area contributed by atoms with Gasteiger partial charge in [-0.05, 0) is 134 Å². The van der Waals surface area contributed by atoms with Crippen LogP contribution in [0.4, 0.5) is 28.4 Å². The molecular weight excluding hydrogens is 689 g/mol. The van der Waals surface area contributed by atoms with Gasteiger partial charge < -0.3 is 9.80 Å². The summed E-state index contributed by atoms with van der Waals surface area (Å²) in [7, 11) is 0. The number of hydrogen-bond acceptors (Lipinski definition) is 2. The first kappa shape index (κ1) is 33.7. The summed E-state index contributed by atoms with van der Waals surface area (Å²) in [5.41, 5.74) is 13.9. The summed E-state index contributed by atoms with van der Waals surface area (Å²) in [6.45, 7) is 2.21. The summed E-state index contributed by atoms with van der Waals surface area (Å²) >= 11 is 0. The van der Waals surface area contributed by atoms with Gasteiger partial charge in [0.25, 0.3) is 0 Å². The van der Waals surface area contributed by atoms with Crippen LogP contribution in [-0.2, 0) is 0 Å². The second-order valence-electron chi connectivity index (χ2n) is 16.0. The van der Waals surface area contributed by atoms with Crippen LogP contribution in [0.5, 0.6) is 0 Å². The Bertz CT molecular complexity index is 2920. The summed E-state index contributed by atoms with van der Waals surface area (Å²) in [5.74, 6) is 0.627. The molecule has 57 heavy (non-hydrogen) atoms. The van der Waals surface area contributed by atoms with Crippen LogP contribution in [0.3, 0.4) is 0 Å². The number of rotatable bonds is 6. The van der Waals surface area contributed by atoms with Gasteiger partial charge in [0.2, 0.25) is 0 Å². The molecule has 0 amide bonds. The summed E-state index contributed by atoms with van der Waals surface area (Å²) in [5, 5.41) is 7.64. The van der Waals surface area contributed by atoms with Crippen LogP contribution < -0.4 is 9.80 Å². The van der Waals surface area contributed by atoms with Gasteiger partial charge in [0.15, 0.2) is 0 Å². The van der Waals surface area contributed by atoms with E-state index in [4.69, 9.17) is 0 Å². The van der Waals surface area contributed by atoms with Gasteiger partial charge in [-0.1, -0.05) is 152 Å². The van der Waals surface area contributed by atoms with E-state index in [2.05, 4.69) is 205 Å². The lowest BCUT2D eigenvalue weighted by Crippen LogP contribution is -2.32. The number of para-hydroxylation sites is 2. The van der Waals surface area contributed by atoms with Crippen molar-refractivity contribution in [3.05, 3.63) is 199 Å². The molecule has 0 radical (unpaired) electrons. The molecular formula is C55H44N2. The molecule has 0 spiro atoms. The van der Waals surface area contributed by atoms with Gasteiger partial charge in [-0.3, -0.25) is 0 Å². The van der Waals surface area contributed by atoms with Gasteiger partial charge >= 0.3 is 0 Å². The van der Waals surface area contributed by atoms with Crippen LogP contribution >= 0.6 is 0 Å². The van der Waals surface area contributed by atoms with Crippen LogP contribution in [0.1, 0.15) is 42.7 Å². The maximum atomic E-state index is 2.63. The van der Waals surface area contributed by atoms with Crippen molar-refractivity contribution in [2.24, 2.45) is 0 Å². The predicted octanol–water partition coefficient (Wildman–Crippen LogP) is 15.4. The second-order valence-corrected chi connectivity index (χ2v) is 16.0. The molecule has 11 rings (SSSR count). The molecule has 0 saturated heterocycles. The Morgan fingerprint density at radius 3 is 1.89 bits per heavy atom. The molecule has 0 N–H and O–H groups in total. The maximum Gasteiger partial charge on any atom is 0.0463 e. The van der Waals surface area contributed by atoms with E-state index in [1.165, 1.54) is 103 Å². The van der Waals surface area contributed by atoms with Gasteiger partial charge in [-0.2, -0.15) is 0 Å². The highest BCUT2D eigenvalue weighted by Gasteiger charge is 2.40. The quantitative estimate of drug-likeness (QED) is 0.157. The zero-order valence-corrected chi connectivity index (χ0v) is 32.3. The first-order valence-corrected chi connectivity index (χ1v) is 20.6. The number of anilines is 5. The smallest absolute Gasteiger partial charge is 0.0463 e. The van der Waals surface area contributed by atoms with E-state index in [0.717, 1.165) is 17.1 Å². The van der Waals surface area contributed by atoms with E-state index in [0.29, 0.717) is 12.0 Å². The molecule has 0 aromatic heterocycles. The second kappa shape index (κ2) is 13.8. The molecule has 2 aliphatic rings. The predicted molar refractivity (Wildman–Crippen MR) is 243 cm³/mol.